The monoisotopic (exact) mass is 443 g/mol. The lowest BCUT2D eigenvalue weighted by Crippen LogP contribution is -2.26. The van der Waals surface area contributed by atoms with Crippen molar-refractivity contribution in [2.24, 2.45) is 0 Å². The van der Waals surface area contributed by atoms with Gasteiger partial charge in [0.2, 0.25) is 0 Å². The predicted molar refractivity (Wildman–Crippen MR) is 115 cm³/mol. The standard InChI is InChI=1S/C20H23Cl2NO4S/c21-17-5-2-6-18(22)19(17)20(25)23-7-12-28-14-15-3-1-4-16(13-15)27-11-10-26-9-8-24/h1-6,13,24H,7-12,14H2,(H,23,25). The Balaban J connectivity index is 1.68. The highest BCUT2D eigenvalue weighted by Gasteiger charge is 2.13. The lowest BCUT2D eigenvalue weighted by atomic mass is 10.2. The number of aliphatic hydroxyl groups is 1. The molecule has 0 fully saturated rings. The van der Waals surface area contributed by atoms with E-state index in [0.29, 0.717) is 42.0 Å². The lowest BCUT2D eigenvalue weighted by Gasteiger charge is -2.09. The van der Waals surface area contributed by atoms with Crippen molar-refractivity contribution in [3.63, 3.8) is 0 Å². The topological polar surface area (TPSA) is 67.8 Å². The van der Waals surface area contributed by atoms with Gasteiger partial charge >= 0.3 is 0 Å². The second-order valence-corrected chi connectivity index (χ2v) is 7.66. The van der Waals surface area contributed by atoms with Gasteiger partial charge in [0.05, 0.1) is 35.4 Å². The maximum Gasteiger partial charge on any atom is 0.254 e. The number of halogens is 2. The fourth-order valence-corrected chi connectivity index (χ4v) is 3.72. The zero-order chi connectivity index (χ0) is 20.2. The van der Waals surface area contributed by atoms with Crippen molar-refractivity contribution < 1.29 is 19.4 Å². The van der Waals surface area contributed by atoms with Gasteiger partial charge in [-0.1, -0.05) is 41.4 Å². The van der Waals surface area contributed by atoms with Crippen LogP contribution in [-0.2, 0) is 10.5 Å². The van der Waals surface area contributed by atoms with Gasteiger partial charge in [0, 0.05) is 18.1 Å². The van der Waals surface area contributed by atoms with Gasteiger partial charge in [0.25, 0.3) is 5.91 Å². The molecule has 0 aromatic heterocycles. The average Bonchev–Trinajstić information content (AvgIpc) is 2.68. The smallest absolute Gasteiger partial charge is 0.254 e. The molecule has 1 amide bonds. The fourth-order valence-electron chi connectivity index (χ4n) is 2.34. The minimum Gasteiger partial charge on any atom is -0.491 e. The van der Waals surface area contributed by atoms with Gasteiger partial charge in [-0.05, 0) is 29.8 Å². The van der Waals surface area contributed by atoms with Crippen molar-refractivity contribution in [3.8, 4) is 5.75 Å². The molecule has 0 saturated carbocycles. The molecular weight excluding hydrogens is 421 g/mol. The number of aliphatic hydroxyl groups excluding tert-OH is 1. The van der Waals surface area contributed by atoms with Crippen molar-refractivity contribution >= 4 is 40.9 Å². The van der Waals surface area contributed by atoms with Crippen molar-refractivity contribution in [1.82, 2.24) is 5.32 Å². The van der Waals surface area contributed by atoms with E-state index in [-0.39, 0.29) is 12.5 Å². The van der Waals surface area contributed by atoms with Gasteiger partial charge in [-0.25, -0.2) is 0 Å². The van der Waals surface area contributed by atoms with Crippen LogP contribution in [-0.4, -0.2) is 49.7 Å². The Bertz CT molecular complexity index is 740. The summed E-state index contributed by atoms with van der Waals surface area (Å²) in [7, 11) is 0. The molecule has 28 heavy (non-hydrogen) atoms. The molecule has 0 spiro atoms. The molecule has 5 nitrogen and oxygen atoms in total. The Hall–Kier alpha value is -1.44. The molecule has 0 aliphatic carbocycles. The minimum atomic E-state index is -0.269. The van der Waals surface area contributed by atoms with Gasteiger partial charge in [-0.15, -0.1) is 0 Å². The number of carbonyl (C=O) groups excluding carboxylic acids is 1. The number of amides is 1. The molecule has 8 heteroatoms. The highest BCUT2D eigenvalue weighted by Crippen LogP contribution is 2.24. The predicted octanol–water partition coefficient (Wildman–Crippen LogP) is 4.04. The van der Waals surface area contributed by atoms with Crippen LogP contribution in [0.3, 0.4) is 0 Å². The highest BCUT2D eigenvalue weighted by molar-refractivity contribution is 7.98. The Morgan fingerprint density at radius 1 is 1.07 bits per heavy atom. The zero-order valence-electron chi connectivity index (χ0n) is 15.3. The molecule has 0 unspecified atom stereocenters. The molecule has 0 saturated heterocycles. The SMILES string of the molecule is O=C(NCCSCc1cccc(OCCOCCO)c1)c1c(Cl)cccc1Cl. The van der Waals surface area contributed by atoms with Gasteiger partial charge in [0.15, 0.2) is 0 Å². The zero-order valence-corrected chi connectivity index (χ0v) is 17.7. The Morgan fingerprint density at radius 3 is 2.57 bits per heavy atom. The van der Waals surface area contributed by atoms with Crippen molar-refractivity contribution in [2.75, 3.05) is 38.7 Å². The first kappa shape index (κ1) is 22.8. The summed E-state index contributed by atoms with van der Waals surface area (Å²) in [6, 6.07) is 12.9. The number of thioether (sulfide) groups is 1. The summed E-state index contributed by atoms with van der Waals surface area (Å²) in [5.74, 6) is 2.08. The van der Waals surface area contributed by atoms with Crippen LogP contribution in [0.1, 0.15) is 15.9 Å². The Morgan fingerprint density at radius 2 is 1.82 bits per heavy atom. The number of carbonyl (C=O) groups is 1. The second kappa shape index (κ2) is 12.9. The van der Waals surface area contributed by atoms with Crippen molar-refractivity contribution in [2.45, 2.75) is 5.75 Å². The van der Waals surface area contributed by atoms with Crippen LogP contribution in [0.5, 0.6) is 5.75 Å². The molecule has 2 N–H and O–H groups in total. The summed E-state index contributed by atoms with van der Waals surface area (Å²) in [6.45, 7) is 1.73. The number of hydrogen-bond acceptors (Lipinski definition) is 5. The summed E-state index contributed by atoms with van der Waals surface area (Å²) in [4.78, 5) is 12.2. The number of benzene rings is 2. The molecule has 0 radical (unpaired) electrons. The molecule has 0 aliphatic heterocycles. The van der Waals surface area contributed by atoms with Crippen LogP contribution in [0.2, 0.25) is 10.0 Å². The third-order valence-electron chi connectivity index (χ3n) is 3.62. The molecule has 0 bridgehead atoms. The molecule has 2 aromatic rings. The van der Waals surface area contributed by atoms with Gasteiger partial charge in [0.1, 0.15) is 12.4 Å². The summed E-state index contributed by atoms with van der Waals surface area (Å²) in [5, 5.41) is 12.2. The maximum absolute atomic E-state index is 12.2. The summed E-state index contributed by atoms with van der Waals surface area (Å²) in [5.41, 5.74) is 1.45. The van der Waals surface area contributed by atoms with Crippen molar-refractivity contribution in [3.05, 3.63) is 63.6 Å². The first-order valence-electron chi connectivity index (χ1n) is 8.82. The molecule has 0 atom stereocenters. The summed E-state index contributed by atoms with van der Waals surface area (Å²) in [6.07, 6.45) is 0. The normalized spacial score (nSPS) is 10.7. The highest BCUT2D eigenvalue weighted by atomic mass is 35.5. The van der Waals surface area contributed by atoms with E-state index < -0.39 is 0 Å². The van der Waals surface area contributed by atoms with Crippen LogP contribution in [0, 0.1) is 0 Å². The van der Waals surface area contributed by atoms with Crippen molar-refractivity contribution in [1.29, 1.82) is 0 Å². The first-order chi connectivity index (χ1) is 13.6. The Labute approximate surface area is 179 Å². The Kier molecular flexibility index (Phi) is 10.5. The minimum absolute atomic E-state index is 0.0125. The number of hydrogen-bond donors (Lipinski definition) is 2. The molecule has 0 heterocycles. The maximum atomic E-state index is 12.2. The third-order valence-corrected chi connectivity index (χ3v) is 5.28. The molecule has 0 aliphatic rings. The molecular formula is C20H23Cl2NO4S. The van der Waals surface area contributed by atoms with Gasteiger partial charge in [-0.3, -0.25) is 4.79 Å². The number of nitrogens with one attached hydrogen (secondary N) is 1. The van der Waals surface area contributed by atoms with Gasteiger partial charge < -0.3 is 19.9 Å². The summed E-state index contributed by atoms with van der Waals surface area (Å²) < 4.78 is 10.8. The van der Waals surface area contributed by atoms with E-state index in [0.717, 1.165) is 22.8 Å². The van der Waals surface area contributed by atoms with Crippen LogP contribution in [0.4, 0.5) is 0 Å². The van der Waals surface area contributed by atoms with E-state index in [1.807, 2.05) is 24.3 Å². The van der Waals surface area contributed by atoms with Crippen LogP contribution in [0.25, 0.3) is 0 Å². The van der Waals surface area contributed by atoms with E-state index in [1.165, 1.54) is 0 Å². The van der Waals surface area contributed by atoms with Crippen LogP contribution < -0.4 is 10.1 Å². The lowest BCUT2D eigenvalue weighted by molar-refractivity contribution is 0.0705. The van der Waals surface area contributed by atoms with E-state index in [9.17, 15) is 4.79 Å². The fraction of sp³-hybridized carbons (Fsp3) is 0.350. The van der Waals surface area contributed by atoms with E-state index >= 15 is 0 Å². The third kappa shape index (κ3) is 7.89. The molecule has 2 rings (SSSR count). The van der Waals surface area contributed by atoms with Crippen LogP contribution >= 0.6 is 35.0 Å². The molecule has 152 valence electrons. The second-order valence-electron chi connectivity index (χ2n) is 5.74. The molecule has 2 aromatic carbocycles. The number of rotatable bonds is 12. The number of ether oxygens (including phenoxy) is 2. The van der Waals surface area contributed by atoms with Crippen LogP contribution in [0.15, 0.2) is 42.5 Å². The van der Waals surface area contributed by atoms with Gasteiger partial charge in [-0.2, -0.15) is 11.8 Å². The largest absolute Gasteiger partial charge is 0.491 e. The quantitative estimate of drug-likeness (QED) is 0.484. The average molecular weight is 444 g/mol. The van der Waals surface area contributed by atoms with E-state index in [2.05, 4.69) is 5.32 Å². The summed E-state index contributed by atoms with van der Waals surface area (Å²) >= 11 is 13.8. The van der Waals surface area contributed by atoms with E-state index in [4.69, 9.17) is 37.8 Å². The van der Waals surface area contributed by atoms with E-state index in [1.54, 1.807) is 30.0 Å². The first-order valence-corrected chi connectivity index (χ1v) is 10.7.